The Hall–Kier alpha value is -0.640. The molecule has 4 heteroatoms. The van der Waals surface area contributed by atoms with Crippen LogP contribution >= 0.6 is 12.2 Å². The van der Waals surface area contributed by atoms with Crippen molar-refractivity contribution < 1.29 is 4.79 Å². The van der Waals surface area contributed by atoms with Gasteiger partial charge in [0.2, 0.25) is 5.91 Å². The lowest BCUT2D eigenvalue weighted by molar-refractivity contribution is -0.139. The maximum Gasteiger partial charge on any atom is 0.235 e. The van der Waals surface area contributed by atoms with Crippen molar-refractivity contribution in [2.45, 2.75) is 53.9 Å². The molecule has 0 aromatic rings. The topological polar surface area (TPSA) is 46.3 Å². The minimum atomic E-state index is -0.654. The van der Waals surface area contributed by atoms with Crippen molar-refractivity contribution in [2.75, 3.05) is 13.1 Å². The third kappa shape index (κ3) is 3.67. The lowest BCUT2D eigenvalue weighted by Crippen LogP contribution is -2.51. The van der Waals surface area contributed by atoms with Crippen LogP contribution in [-0.2, 0) is 4.79 Å². The summed E-state index contributed by atoms with van der Waals surface area (Å²) in [6.07, 6.45) is 2.42. The summed E-state index contributed by atoms with van der Waals surface area (Å²) < 4.78 is 0. The normalized spacial score (nSPS) is 13.2. The highest BCUT2D eigenvalue weighted by Gasteiger charge is 2.40. The monoisotopic (exact) mass is 272 g/mol. The molecular weight excluding hydrogens is 244 g/mol. The Balaban J connectivity index is 5.10. The molecule has 0 bridgehead atoms. The molecule has 0 fully saturated rings. The molecule has 3 nitrogen and oxygen atoms in total. The fourth-order valence-corrected chi connectivity index (χ4v) is 2.55. The van der Waals surface area contributed by atoms with E-state index in [0.29, 0.717) is 30.3 Å². The number of nitrogens with zero attached hydrogens (tertiary/aromatic N) is 1. The van der Waals surface area contributed by atoms with Gasteiger partial charge in [-0.3, -0.25) is 4.79 Å². The van der Waals surface area contributed by atoms with E-state index in [1.54, 1.807) is 0 Å². The minimum Gasteiger partial charge on any atom is -0.392 e. The van der Waals surface area contributed by atoms with Gasteiger partial charge in [0.25, 0.3) is 0 Å². The van der Waals surface area contributed by atoms with Crippen LogP contribution in [0.25, 0.3) is 0 Å². The van der Waals surface area contributed by atoms with Crippen molar-refractivity contribution in [3.05, 3.63) is 0 Å². The number of amides is 1. The Morgan fingerprint density at radius 2 is 1.78 bits per heavy atom. The molecule has 1 unspecified atom stereocenters. The Bertz CT molecular complexity index is 288. The summed E-state index contributed by atoms with van der Waals surface area (Å²) in [4.78, 5) is 14.9. The predicted octanol–water partition coefficient (Wildman–Crippen LogP) is 2.97. The van der Waals surface area contributed by atoms with Gasteiger partial charge in [0.1, 0.15) is 0 Å². The maximum atomic E-state index is 12.7. The quantitative estimate of drug-likeness (QED) is 0.691. The van der Waals surface area contributed by atoms with Crippen molar-refractivity contribution in [2.24, 2.45) is 17.1 Å². The van der Waals surface area contributed by atoms with Crippen LogP contribution in [0, 0.1) is 11.3 Å². The number of hydrogen-bond acceptors (Lipinski definition) is 2. The van der Waals surface area contributed by atoms with Gasteiger partial charge in [0, 0.05) is 13.1 Å². The van der Waals surface area contributed by atoms with Gasteiger partial charge in [-0.05, 0) is 25.7 Å². The van der Waals surface area contributed by atoms with Crippen LogP contribution in [0.3, 0.4) is 0 Å². The van der Waals surface area contributed by atoms with Gasteiger partial charge in [0.15, 0.2) is 0 Å². The second kappa shape index (κ2) is 7.72. The van der Waals surface area contributed by atoms with Crippen molar-refractivity contribution in [1.29, 1.82) is 0 Å². The van der Waals surface area contributed by atoms with E-state index in [1.165, 1.54) is 0 Å². The smallest absolute Gasteiger partial charge is 0.235 e. The predicted molar refractivity (Wildman–Crippen MR) is 81.5 cm³/mol. The molecule has 0 saturated heterocycles. The molecule has 0 heterocycles. The lowest BCUT2D eigenvalue weighted by Gasteiger charge is -2.36. The van der Waals surface area contributed by atoms with Crippen LogP contribution in [0.15, 0.2) is 0 Å². The third-order valence-electron chi connectivity index (χ3n) is 3.99. The van der Waals surface area contributed by atoms with E-state index in [1.807, 2.05) is 25.7 Å². The zero-order valence-corrected chi connectivity index (χ0v) is 13.3. The first-order valence-electron chi connectivity index (χ1n) is 6.98. The Labute approximate surface area is 117 Å². The third-order valence-corrected chi connectivity index (χ3v) is 4.38. The largest absolute Gasteiger partial charge is 0.392 e. The molecule has 0 aliphatic carbocycles. The summed E-state index contributed by atoms with van der Waals surface area (Å²) in [5.74, 6) is 0.606. The second-order valence-corrected chi connectivity index (χ2v) is 5.45. The SMILES string of the molecule is CCC(C)CN(CC)C(=O)C(CC)(CC)C(N)=S. The van der Waals surface area contributed by atoms with Crippen LogP contribution in [0.2, 0.25) is 0 Å². The molecule has 1 amide bonds. The molecule has 0 rings (SSSR count). The molecule has 0 saturated carbocycles. The molecule has 1 atom stereocenters. The Kier molecular flexibility index (Phi) is 7.45. The summed E-state index contributed by atoms with van der Waals surface area (Å²) in [6.45, 7) is 11.8. The first-order chi connectivity index (χ1) is 8.39. The maximum absolute atomic E-state index is 12.7. The van der Waals surface area contributed by atoms with Gasteiger partial charge in [-0.25, -0.2) is 0 Å². The van der Waals surface area contributed by atoms with E-state index < -0.39 is 5.41 Å². The number of rotatable bonds is 8. The van der Waals surface area contributed by atoms with Gasteiger partial charge in [-0.1, -0.05) is 46.3 Å². The highest BCUT2D eigenvalue weighted by Crippen LogP contribution is 2.30. The summed E-state index contributed by atoms with van der Waals surface area (Å²) in [5, 5.41) is 0. The van der Waals surface area contributed by atoms with Crippen LogP contribution in [-0.4, -0.2) is 28.9 Å². The Morgan fingerprint density at radius 3 is 2.06 bits per heavy atom. The van der Waals surface area contributed by atoms with Crippen molar-refractivity contribution in [3.63, 3.8) is 0 Å². The molecule has 0 aromatic heterocycles. The molecule has 0 aromatic carbocycles. The summed E-state index contributed by atoms with van der Waals surface area (Å²) >= 11 is 5.14. The van der Waals surface area contributed by atoms with E-state index in [2.05, 4.69) is 13.8 Å². The van der Waals surface area contributed by atoms with Crippen molar-refractivity contribution in [3.8, 4) is 0 Å². The number of carbonyl (C=O) groups excluding carboxylic acids is 1. The average Bonchev–Trinajstić information content (AvgIpc) is 2.36. The zero-order chi connectivity index (χ0) is 14.3. The van der Waals surface area contributed by atoms with Gasteiger partial charge >= 0.3 is 0 Å². The standard InChI is InChI=1S/C14H28N2OS/c1-6-11(5)10-16(9-4)13(17)14(7-2,8-3)12(15)18/h11H,6-10H2,1-5H3,(H2,15,18). The average molecular weight is 272 g/mol. The van der Waals surface area contributed by atoms with Crippen LogP contribution in [0.5, 0.6) is 0 Å². The first kappa shape index (κ1) is 17.4. The highest BCUT2D eigenvalue weighted by molar-refractivity contribution is 7.80. The highest BCUT2D eigenvalue weighted by atomic mass is 32.1. The summed E-state index contributed by atoms with van der Waals surface area (Å²) in [7, 11) is 0. The number of nitrogens with two attached hydrogens (primary N) is 1. The fourth-order valence-electron chi connectivity index (χ4n) is 2.17. The van der Waals surface area contributed by atoms with Gasteiger partial charge in [-0.15, -0.1) is 0 Å². The van der Waals surface area contributed by atoms with Crippen molar-refractivity contribution >= 4 is 23.1 Å². The van der Waals surface area contributed by atoms with E-state index in [9.17, 15) is 4.79 Å². The molecule has 0 aliphatic heterocycles. The van der Waals surface area contributed by atoms with E-state index in [-0.39, 0.29) is 5.91 Å². The number of thiocarbonyl (C=S) groups is 1. The summed E-state index contributed by atoms with van der Waals surface area (Å²) in [5.41, 5.74) is 5.18. The van der Waals surface area contributed by atoms with E-state index in [0.717, 1.165) is 13.0 Å². The fraction of sp³-hybridized carbons (Fsp3) is 0.857. The first-order valence-corrected chi connectivity index (χ1v) is 7.39. The van der Waals surface area contributed by atoms with Crippen LogP contribution in [0.4, 0.5) is 0 Å². The molecule has 106 valence electrons. The number of carbonyl (C=O) groups is 1. The van der Waals surface area contributed by atoms with Crippen molar-refractivity contribution in [1.82, 2.24) is 4.90 Å². The zero-order valence-electron chi connectivity index (χ0n) is 12.5. The summed E-state index contributed by atoms with van der Waals surface area (Å²) in [6, 6.07) is 0. The molecule has 2 N–H and O–H groups in total. The van der Waals surface area contributed by atoms with Gasteiger partial charge in [-0.2, -0.15) is 0 Å². The molecule has 18 heavy (non-hydrogen) atoms. The van der Waals surface area contributed by atoms with E-state index >= 15 is 0 Å². The number of hydrogen-bond donors (Lipinski definition) is 1. The van der Waals surface area contributed by atoms with Gasteiger partial charge < -0.3 is 10.6 Å². The molecule has 0 aliphatic rings. The van der Waals surface area contributed by atoms with Crippen LogP contribution < -0.4 is 5.73 Å². The molecule has 0 spiro atoms. The van der Waals surface area contributed by atoms with Crippen LogP contribution in [0.1, 0.15) is 53.9 Å². The van der Waals surface area contributed by atoms with E-state index in [4.69, 9.17) is 18.0 Å². The molecule has 0 radical (unpaired) electrons. The minimum absolute atomic E-state index is 0.0998. The molecular formula is C14H28N2OS. The second-order valence-electron chi connectivity index (χ2n) is 5.01. The Morgan fingerprint density at radius 1 is 1.28 bits per heavy atom. The lowest BCUT2D eigenvalue weighted by atomic mass is 9.80. The van der Waals surface area contributed by atoms with Gasteiger partial charge in [0.05, 0.1) is 10.4 Å².